The third-order valence-electron chi connectivity index (χ3n) is 2.64. The van der Waals surface area contributed by atoms with E-state index in [0.29, 0.717) is 6.61 Å². The summed E-state index contributed by atoms with van der Waals surface area (Å²) in [7, 11) is 3.35. The van der Waals surface area contributed by atoms with E-state index in [0.717, 1.165) is 5.76 Å². The summed E-state index contributed by atoms with van der Waals surface area (Å²) in [6, 6.07) is 3.41. The highest BCUT2D eigenvalue weighted by Gasteiger charge is 2.20. The number of hydrogen-bond acceptors (Lipinski definition) is 3. The fourth-order valence-electron chi connectivity index (χ4n) is 1.50. The topological polar surface area (TPSA) is 54.7 Å². The zero-order valence-corrected chi connectivity index (χ0v) is 10.8. The van der Waals surface area contributed by atoms with Crippen LogP contribution >= 0.6 is 0 Å². The van der Waals surface area contributed by atoms with Gasteiger partial charge in [0.25, 0.3) is 0 Å². The number of furan rings is 1. The zero-order chi connectivity index (χ0) is 12.8. The Morgan fingerprint density at radius 2 is 2.29 bits per heavy atom. The molecule has 17 heavy (non-hydrogen) atoms. The molecule has 0 aliphatic rings. The predicted octanol–water partition coefficient (Wildman–Crippen LogP) is 2.02. The molecule has 0 saturated carbocycles. The number of amides is 2. The lowest BCUT2D eigenvalue weighted by Crippen LogP contribution is -2.44. The molecule has 0 spiro atoms. The average molecular weight is 240 g/mol. The zero-order valence-electron chi connectivity index (χ0n) is 10.8. The molecule has 0 aromatic carbocycles. The molecule has 0 aliphatic carbocycles. The molecule has 0 radical (unpaired) electrons. The van der Waals surface area contributed by atoms with Gasteiger partial charge in [-0.05, 0) is 26.0 Å². The number of nitrogens with one attached hydrogen (secondary N) is 1. The van der Waals surface area contributed by atoms with Crippen LogP contribution in [0.1, 0.15) is 25.6 Å². The van der Waals surface area contributed by atoms with Gasteiger partial charge in [-0.15, -0.1) is 0 Å². The summed E-state index contributed by atoms with van der Waals surface area (Å²) in [5, 5.41) is 2.84. The highest BCUT2D eigenvalue weighted by Crippen LogP contribution is 2.18. The van der Waals surface area contributed by atoms with E-state index in [1.807, 2.05) is 26.0 Å². The molecular weight excluding hydrogens is 220 g/mol. The van der Waals surface area contributed by atoms with Crippen molar-refractivity contribution in [1.82, 2.24) is 10.2 Å². The number of hydrogen-bond donors (Lipinski definition) is 1. The van der Waals surface area contributed by atoms with Crippen LogP contribution in [0.4, 0.5) is 4.79 Å². The minimum atomic E-state index is -0.140. The summed E-state index contributed by atoms with van der Waals surface area (Å²) in [5.41, 5.74) is 0. The van der Waals surface area contributed by atoms with Crippen molar-refractivity contribution in [2.45, 2.75) is 25.9 Å². The molecule has 1 heterocycles. The van der Waals surface area contributed by atoms with Gasteiger partial charge in [-0.1, -0.05) is 0 Å². The normalized spacial score (nSPS) is 14.1. The van der Waals surface area contributed by atoms with E-state index in [4.69, 9.17) is 9.15 Å². The fraction of sp³-hybridized carbons (Fsp3) is 0.583. The van der Waals surface area contributed by atoms with Crippen LogP contribution < -0.4 is 5.32 Å². The Balaban J connectivity index is 2.51. The van der Waals surface area contributed by atoms with Crippen molar-refractivity contribution in [3.05, 3.63) is 24.2 Å². The number of nitrogens with zero attached hydrogens (tertiary/aromatic N) is 1. The van der Waals surface area contributed by atoms with Crippen molar-refractivity contribution < 1.29 is 13.9 Å². The molecule has 5 nitrogen and oxygen atoms in total. The first-order chi connectivity index (χ1) is 8.06. The summed E-state index contributed by atoms with van der Waals surface area (Å²) >= 11 is 0. The van der Waals surface area contributed by atoms with Crippen molar-refractivity contribution in [3.63, 3.8) is 0 Å². The Morgan fingerprint density at radius 3 is 2.82 bits per heavy atom. The highest BCUT2D eigenvalue weighted by atomic mass is 16.5. The molecule has 2 unspecified atom stereocenters. The Morgan fingerprint density at radius 1 is 1.59 bits per heavy atom. The summed E-state index contributed by atoms with van der Waals surface area (Å²) < 4.78 is 10.2. The number of rotatable bonds is 5. The molecule has 0 bridgehead atoms. The van der Waals surface area contributed by atoms with Crippen LogP contribution in [0.25, 0.3) is 0 Å². The van der Waals surface area contributed by atoms with Crippen LogP contribution in [-0.4, -0.2) is 37.7 Å². The standard InChI is InChI=1S/C12H20N2O3/c1-9(8-16-4)13-12(15)14(3)10(2)11-6-5-7-17-11/h5-7,9-10H,8H2,1-4H3,(H,13,15). The van der Waals surface area contributed by atoms with E-state index >= 15 is 0 Å². The van der Waals surface area contributed by atoms with Gasteiger partial charge >= 0.3 is 6.03 Å². The van der Waals surface area contributed by atoms with E-state index in [2.05, 4.69) is 5.32 Å². The second-order valence-electron chi connectivity index (χ2n) is 4.11. The monoisotopic (exact) mass is 240 g/mol. The largest absolute Gasteiger partial charge is 0.467 e. The maximum Gasteiger partial charge on any atom is 0.318 e. The van der Waals surface area contributed by atoms with Crippen LogP contribution in [0, 0.1) is 0 Å². The number of carbonyl (C=O) groups is 1. The van der Waals surface area contributed by atoms with Gasteiger partial charge in [-0.25, -0.2) is 4.79 Å². The number of carbonyl (C=O) groups excluding carboxylic acids is 1. The second-order valence-corrected chi connectivity index (χ2v) is 4.11. The van der Waals surface area contributed by atoms with E-state index in [-0.39, 0.29) is 18.1 Å². The van der Waals surface area contributed by atoms with E-state index in [1.54, 1.807) is 25.3 Å². The van der Waals surface area contributed by atoms with Crippen LogP contribution in [0.15, 0.2) is 22.8 Å². The first-order valence-corrected chi connectivity index (χ1v) is 5.62. The minimum Gasteiger partial charge on any atom is -0.467 e. The second kappa shape index (κ2) is 6.30. The van der Waals surface area contributed by atoms with Crippen molar-refractivity contribution >= 4 is 6.03 Å². The van der Waals surface area contributed by atoms with Crippen molar-refractivity contribution in [2.75, 3.05) is 20.8 Å². The molecular formula is C12H20N2O3. The summed E-state index contributed by atoms with van der Waals surface area (Å²) in [6.07, 6.45) is 1.60. The lowest BCUT2D eigenvalue weighted by Gasteiger charge is -2.25. The van der Waals surface area contributed by atoms with Gasteiger partial charge in [-0.2, -0.15) is 0 Å². The Labute approximate surface area is 102 Å². The molecule has 1 N–H and O–H groups in total. The number of methoxy groups -OCH3 is 1. The predicted molar refractivity (Wildman–Crippen MR) is 64.8 cm³/mol. The summed E-state index contributed by atoms with van der Waals surface area (Å²) in [5.74, 6) is 0.766. The van der Waals surface area contributed by atoms with Gasteiger partial charge in [0.1, 0.15) is 5.76 Å². The molecule has 0 saturated heterocycles. The molecule has 0 aliphatic heterocycles. The van der Waals surface area contributed by atoms with Gasteiger partial charge in [0.05, 0.1) is 25.0 Å². The van der Waals surface area contributed by atoms with Crippen LogP contribution in [0.5, 0.6) is 0 Å². The Kier molecular flexibility index (Phi) is 5.03. The summed E-state index contributed by atoms with van der Waals surface area (Å²) in [6.45, 7) is 4.31. The van der Waals surface area contributed by atoms with Gasteiger partial charge in [-0.3, -0.25) is 0 Å². The third kappa shape index (κ3) is 3.78. The van der Waals surface area contributed by atoms with Gasteiger partial charge < -0.3 is 19.4 Å². The van der Waals surface area contributed by atoms with Crippen molar-refractivity contribution in [1.29, 1.82) is 0 Å². The minimum absolute atomic E-state index is 0.0150. The smallest absolute Gasteiger partial charge is 0.318 e. The first-order valence-electron chi connectivity index (χ1n) is 5.62. The molecule has 1 aromatic rings. The molecule has 5 heteroatoms. The van der Waals surface area contributed by atoms with Gasteiger partial charge in [0, 0.05) is 14.2 Å². The third-order valence-corrected chi connectivity index (χ3v) is 2.64. The average Bonchev–Trinajstić information content (AvgIpc) is 2.80. The van der Waals surface area contributed by atoms with Crippen LogP contribution in [-0.2, 0) is 4.74 Å². The van der Waals surface area contributed by atoms with E-state index in [1.165, 1.54) is 0 Å². The first kappa shape index (κ1) is 13.6. The van der Waals surface area contributed by atoms with Crippen molar-refractivity contribution in [2.24, 2.45) is 0 Å². The SMILES string of the molecule is COCC(C)NC(=O)N(C)C(C)c1ccco1. The Bertz CT molecular complexity index is 338. The van der Waals surface area contributed by atoms with Crippen LogP contribution in [0.2, 0.25) is 0 Å². The van der Waals surface area contributed by atoms with E-state index in [9.17, 15) is 4.79 Å². The van der Waals surface area contributed by atoms with Crippen molar-refractivity contribution in [3.8, 4) is 0 Å². The van der Waals surface area contributed by atoms with E-state index < -0.39 is 0 Å². The molecule has 2 atom stereocenters. The summed E-state index contributed by atoms with van der Waals surface area (Å²) in [4.78, 5) is 13.5. The molecule has 0 fully saturated rings. The maximum absolute atomic E-state index is 11.9. The molecule has 2 amide bonds. The number of urea groups is 1. The molecule has 96 valence electrons. The lowest BCUT2D eigenvalue weighted by molar-refractivity contribution is 0.155. The van der Waals surface area contributed by atoms with Gasteiger partial charge in [0.2, 0.25) is 0 Å². The quantitative estimate of drug-likeness (QED) is 0.856. The molecule has 1 aromatic heterocycles. The maximum atomic E-state index is 11.9. The van der Waals surface area contributed by atoms with Crippen LogP contribution in [0.3, 0.4) is 0 Å². The van der Waals surface area contributed by atoms with Gasteiger partial charge in [0.15, 0.2) is 0 Å². The fourth-order valence-corrected chi connectivity index (χ4v) is 1.50. The number of ether oxygens (including phenoxy) is 1. The highest BCUT2D eigenvalue weighted by molar-refractivity contribution is 5.74. The Hall–Kier alpha value is -1.49. The lowest BCUT2D eigenvalue weighted by atomic mass is 10.2. The molecule has 1 rings (SSSR count).